The van der Waals surface area contributed by atoms with Crippen molar-refractivity contribution >= 4 is 22.6 Å². The van der Waals surface area contributed by atoms with Gasteiger partial charge in [0.2, 0.25) is 5.91 Å². The Kier molecular flexibility index (Phi) is 4.83. The number of aromatic nitrogens is 2. The summed E-state index contributed by atoms with van der Waals surface area (Å²) in [5.41, 5.74) is 10.9. The topological polar surface area (TPSA) is 83.8 Å². The Morgan fingerprint density at radius 1 is 1.23 bits per heavy atom. The molecule has 5 nitrogen and oxygen atoms in total. The average molecular weight is 350 g/mol. The van der Waals surface area contributed by atoms with E-state index in [1.807, 2.05) is 57.4 Å². The molecule has 26 heavy (non-hydrogen) atoms. The molecule has 0 bridgehead atoms. The largest absolute Gasteiger partial charge is 0.346 e. The highest BCUT2D eigenvalue weighted by molar-refractivity contribution is 5.97. The predicted octanol–water partition coefficient (Wildman–Crippen LogP) is 4.10. The molecule has 0 aliphatic heterocycles. The standard InChI is InChI=1S/C21H26N4O/c1-5-13-12-14(25-20(26)18(22)21(2,3)4)6-7-15(13)16-8-10-23-19-17(16)9-11-24-19/h6-12,18H,5,22H2,1-4H3,(H,23,24)(H,25,26)/t18-/m0/s1. The van der Waals surface area contributed by atoms with Gasteiger partial charge in [-0.3, -0.25) is 4.79 Å². The van der Waals surface area contributed by atoms with Gasteiger partial charge >= 0.3 is 0 Å². The number of pyridine rings is 1. The fourth-order valence-electron chi connectivity index (χ4n) is 3.04. The highest BCUT2D eigenvalue weighted by Crippen LogP contribution is 2.32. The molecule has 1 amide bonds. The van der Waals surface area contributed by atoms with Crippen molar-refractivity contribution in [2.24, 2.45) is 11.1 Å². The lowest BCUT2D eigenvalue weighted by Gasteiger charge is -2.26. The second-order valence-corrected chi connectivity index (χ2v) is 7.66. The Morgan fingerprint density at radius 2 is 2.00 bits per heavy atom. The molecular formula is C21H26N4O. The smallest absolute Gasteiger partial charge is 0.241 e. The molecule has 1 atom stereocenters. The van der Waals surface area contributed by atoms with Crippen LogP contribution in [0.4, 0.5) is 5.69 Å². The number of nitrogens with zero attached hydrogens (tertiary/aromatic N) is 1. The molecule has 0 saturated carbocycles. The summed E-state index contributed by atoms with van der Waals surface area (Å²) in [5.74, 6) is -0.163. The first-order valence-corrected chi connectivity index (χ1v) is 8.93. The molecule has 1 aromatic carbocycles. The molecule has 0 spiro atoms. The second kappa shape index (κ2) is 6.92. The molecule has 0 aliphatic carbocycles. The third kappa shape index (κ3) is 3.48. The van der Waals surface area contributed by atoms with Gasteiger partial charge in [0.1, 0.15) is 5.65 Å². The van der Waals surface area contributed by atoms with Gasteiger partial charge in [-0.25, -0.2) is 4.98 Å². The SMILES string of the molecule is CCc1cc(NC(=O)[C@H](N)C(C)(C)C)ccc1-c1ccnc2[nH]ccc12. The zero-order chi connectivity index (χ0) is 18.9. The minimum absolute atomic E-state index is 0.163. The molecule has 5 heteroatoms. The Bertz CT molecular complexity index is 937. The number of anilines is 1. The Labute approximate surface area is 154 Å². The number of carbonyl (C=O) groups excluding carboxylic acids is 1. The van der Waals surface area contributed by atoms with Crippen LogP contribution in [0.1, 0.15) is 33.3 Å². The predicted molar refractivity (Wildman–Crippen MR) is 107 cm³/mol. The molecule has 3 aromatic rings. The molecule has 3 rings (SSSR count). The van der Waals surface area contributed by atoms with Crippen LogP contribution in [0, 0.1) is 5.41 Å². The number of benzene rings is 1. The van der Waals surface area contributed by atoms with Crippen LogP contribution in [0.3, 0.4) is 0 Å². The summed E-state index contributed by atoms with van der Waals surface area (Å²) in [5, 5.41) is 4.04. The number of carbonyl (C=O) groups is 1. The van der Waals surface area contributed by atoms with Crippen LogP contribution >= 0.6 is 0 Å². The van der Waals surface area contributed by atoms with Gasteiger partial charge in [0.15, 0.2) is 0 Å². The second-order valence-electron chi connectivity index (χ2n) is 7.66. The van der Waals surface area contributed by atoms with Crippen LogP contribution in [-0.4, -0.2) is 21.9 Å². The minimum atomic E-state index is -0.563. The van der Waals surface area contributed by atoms with Crippen molar-refractivity contribution in [1.29, 1.82) is 0 Å². The number of hydrogen-bond acceptors (Lipinski definition) is 3. The summed E-state index contributed by atoms with van der Waals surface area (Å²) < 4.78 is 0. The number of nitrogens with two attached hydrogens (primary N) is 1. The highest BCUT2D eigenvalue weighted by Gasteiger charge is 2.27. The number of fused-ring (bicyclic) bond motifs is 1. The zero-order valence-electron chi connectivity index (χ0n) is 15.8. The van der Waals surface area contributed by atoms with Crippen molar-refractivity contribution in [3.8, 4) is 11.1 Å². The van der Waals surface area contributed by atoms with Gasteiger partial charge in [0, 0.05) is 23.5 Å². The lowest BCUT2D eigenvalue weighted by atomic mass is 9.87. The van der Waals surface area contributed by atoms with E-state index in [4.69, 9.17) is 5.73 Å². The fraction of sp³-hybridized carbons (Fsp3) is 0.333. The number of rotatable bonds is 4. The third-order valence-corrected chi connectivity index (χ3v) is 4.72. The molecule has 2 heterocycles. The highest BCUT2D eigenvalue weighted by atomic mass is 16.2. The van der Waals surface area contributed by atoms with Gasteiger partial charge in [-0.15, -0.1) is 0 Å². The van der Waals surface area contributed by atoms with Crippen LogP contribution in [-0.2, 0) is 11.2 Å². The molecule has 2 aromatic heterocycles. The summed E-state index contributed by atoms with van der Waals surface area (Å²) >= 11 is 0. The van der Waals surface area contributed by atoms with Gasteiger partial charge in [0.25, 0.3) is 0 Å². The maximum absolute atomic E-state index is 12.4. The summed E-state index contributed by atoms with van der Waals surface area (Å²) in [6.45, 7) is 8.00. The normalized spacial score (nSPS) is 13.0. The number of aryl methyl sites for hydroxylation is 1. The van der Waals surface area contributed by atoms with Crippen molar-refractivity contribution < 1.29 is 4.79 Å². The van der Waals surface area contributed by atoms with E-state index >= 15 is 0 Å². The number of hydrogen-bond donors (Lipinski definition) is 3. The van der Waals surface area contributed by atoms with Crippen LogP contribution in [0.25, 0.3) is 22.2 Å². The van der Waals surface area contributed by atoms with Crippen molar-refractivity contribution in [1.82, 2.24) is 9.97 Å². The third-order valence-electron chi connectivity index (χ3n) is 4.72. The molecule has 0 radical (unpaired) electrons. The Hall–Kier alpha value is -2.66. The zero-order valence-corrected chi connectivity index (χ0v) is 15.8. The molecule has 0 aliphatic rings. The van der Waals surface area contributed by atoms with E-state index in [1.54, 1.807) is 0 Å². The summed E-state index contributed by atoms with van der Waals surface area (Å²) in [7, 11) is 0. The van der Waals surface area contributed by atoms with Crippen LogP contribution in [0.15, 0.2) is 42.7 Å². The van der Waals surface area contributed by atoms with Crippen molar-refractivity contribution in [2.45, 2.75) is 40.2 Å². The monoisotopic (exact) mass is 350 g/mol. The molecule has 0 saturated heterocycles. The summed E-state index contributed by atoms with van der Waals surface area (Å²) in [4.78, 5) is 19.9. The maximum Gasteiger partial charge on any atom is 0.241 e. The molecule has 136 valence electrons. The molecule has 0 fully saturated rings. The first-order valence-electron chi connectivity index (χ1n) is 8.93. The van der Waals surface area contributed by atoms with E-state index in [0.29, 0.717) is 0 Å². The molecule has 4 N–H and O–H groups in total. The fourth-order valence-corrected chi connectivity index (χ4v) is 3.04. The maximum atomic E-state index is 12.4. The van der Waals surface area contributed by atoms with Gasteiger partial charge in [0.05, 0.1) is 6.04 Å². The molecule has 0 unspecified atom stereocenters. The number of aromatic amines is 1. The Morgan fingerprint density at radius 3 is 2.69 bits per heavy atom. The van der Waals surface area contributed by atoms with Gasteiger partial charge in [-0.1, -0.05) is 33.8 Å². The van der Waals surface area contributed by atoms with E-state index in [2.05, 4.69) is 28.3 Å². The number of nitrogens with one attached hydrogen (secondary N) is 2. The van der Waals surface area contributed by atoms with E-state index in [1.165, 1.54) is 5.56 Å². The van der Waals surface area contributed by atoms with Crippen molar-refractivity contribution in [2.75, 3.05) is 5.32 Å². The number of H-pyrrole nitrogens is 1. The van der Waals surface area contributed by atoms with Crippen molar-refractivity contribution in [3.63, 3.8) is 0 Å². The quantitative estimate of drug-likeness (QED) is 0.662. The van der Waals surface area contributed by atoms with Gasteiger partial charge in [-0.05, 0) is 52.8 Å². The van der Waals surface area contributed by atoms with E-state index in [-0.39, 0.29) is 11.3 Å². The lowest BCUT2D eigenvalue weighted by Crippen LogP contribution is -2.45. The summed E-state index contributed by atoms with van der Waals surface area (Å²) in [6.07, 6.45) is 4.57. The number of amides is 1. The molecular weight excluding hydrogens is 324 g/mol. The first kappa shape index (κ1) is 18.1. The minimum Gasteiger partial charge on any atom is -0.346 e. The van der Waals surface area contributed by atoms with Gasteiger partial charge in [-0.2, -0.15) is 0 Å². The van der Waals surface area contributed by atoms with Crippen molar-refractivity contribution in [3.05, 3.63) is 48.3 Å². The van der Waals surface area contributed by atoms with Crippen LogP contribution < -0.4 is 11.1 Å². The van der Waals surface area contributed by atoms with Crippen LogP contribution in [0.2, 0.25) is 0 Å². The lowest BCUT2D eigenvalue weighted by molar-refractivity contribution is -0.119. The van der Waals surface area contributed by atoms with Crippen LogP contribution in [0.5, 0.6) is 0 Å². The van der Waals surface area contributed by atoms with E-state index < -0.39 is 6.04 Å². The van der Waals surface area contributed by atoms with Gasteiger partial charge < -0.3 is 16.0 Å². The van der Waals surface area contributed by atoms with E-state index in [9.17, 15) is 4.79 Å². The first-order chi connectivity index (χ1) is 12.3. The van der Waals surface area contributed by atoms with E-state index in [0.717, 1.165) is 34.3 Å². The average Bonchev–Trinajstić information content (AvgIpc) is 3.09. The summed E-state index contributed by atoms with van der Waals surface area (Å²) in [6, 6.07) is 9.51. The Balaban J connectivity index is 1.94.